The molecule has 1 saturated heterocycles. The lowest BCUT2D eigenvalue weighted by atomic mass is 9.87. The number of piperidine rings is 1. The first-order valence-corrected chi connectivity index (χ1v) is 18.6. The Balaban J connectivity index is 1.57. The van der Waals surface area contributed by atoms with E-state index in [0.29, 0.717) is 22.8 Å². The van der Waals surface area contributed by atoms with Crippen molar-refractivity contribution in [3.8, 4) is 23.0 Å². The predicted octanol–water partition coefficient (Wildman–Crippen LogP) is 8.86. The highest BCUT2D eigenvalue weighted by molar-refractivity contribution is 5.82. The Labute approximate surface area is 321 Å². The lowest BCUT2D eigenvalue weighted by Crippen LogP contribution is -2.41. The number of carboxylic acids is 1. The number of carboxylic acid groups (broad SMARTS) is 1. The Morgan fingerprint density at radius 1 is 1.02 bits per heavy atom. The van der Waals surface area contributed by atoms with Crippen molar-refractivity contribution in [3.05, 3.63) is 91.4 Å². The summed E-state index contributed by atoms with van der Waals surface area (Å²) in [6.45, 7) is 10.8. The third-order valence-corrected chi connectivity index (χ3v) is 10.7. The number of amides is 1. The number of hydrogen-bond donors (Lipinski definition) is 2. The molecule has 1 aliphatic carbocycles. The van der Waals surface area contributed by atoms with E-state index in [0.717, 1.165) is 16.3 Å². The highest BCUT2D eigenvalue weighted by atomic mass is 19.4. The molecular formula is C42H46F7N3O4. The molecule has 2 aromatic carbocycles. The highest BCUT2D eigenvalue weighted by Crippen LogP contribution is 2.49. The van der Waals surface area contributed by atoms with Crippen LogP contribution >= 0.6 is 0 Å². The molecule has 0 radical (unpaired) electrons. The number of aryl methyl sites for hydroxylation is 3. The second kappa shape index (κ2) is 16.5. The van der Waals surface area contributed by atoms with Crippen LogP contribution in [0.15, 0.2) is 35.3 Å². The third kappa shape index (κ3) is 9.31. The van der Waals surface area contributed by atoms with Crippen LogP contribution in [0.25, 0.3) is 11.1 Å². The Kier molecular flexibility index (Phi) is 12.5. The van der Waals surface area contributed by atoms with E-state index in [-0.39, 0.29) is 67.9 Å². The molecule has 2 heterocycles. The van der Waals surface area contributed by atoms with Gasteiger partial charge in [0.2, 0.25) is 5.91 Å². The lowest BCUT2D eigenvalue weighted by Gasteiger charge is -2.34. The second-order valence-corrected chi connectivity index (χ2v) is 15.6. The average molecular weight is 790 g/mol. The summed E-state index contributed by atoms with van der Waals surface area (Å²) in [7, 11) is 0. The molecule has 5 rings (SSSR count). The molecule has 3 atom stereocenters. The monoisotopic (exact) mass is 789 g/mol. The van der Waals surface area contributed by atoms with E-state index in [1.165, 1.54) is 13.0 Å². The van der Waals surface area contributed by atoms with Gasteiger partial charge in [-0.05, 0) is 100 Å². The molecule has 7 nitrogen and oxygen atoms in total. The Hall–Kier alpha value is -4.64. The summed E-state index contributed by atoms with van der Waals surface area (Å²) in [6.07, 6.45) is -4.90. The summed E-state index contributed by atoms with van der Waals surface area (Å²) < 4.78 is 104. The number of carbonyl (C=O) groups excluding carboxylic acids is 1. The van der Waals surface area contributed by atoms with Gasteiger partial charge in [-0.1, -0.05) is 37.5 Å². The van der Waals surface area contributed by atoms with Gasteiger partial charge in [-0.3, -0.25) is 14.4 Å². The quantitative estimate of drug-likeness (QED) is 0.141. The van der Waals surface area contributed by atoms with E-state index in [4.69, 9.17) is 0 Å². The second-order valence-electron chi connectivity index (χ2n) is 15.6. The van der Waals surface area contributed by atoms with Gasteiger partial charge >= 0.3 is 12.1 Å². The van der Waals surface area contributed by atoms with Crippen molar-refractivity contribution in [3.63, 3.8) is 0 Å². The number of likely N-dealkylation sites (tertiary alicyclic amines) is 1. The minimum atomic E-state index is -4.93. The number of halogens is 7. The van der Waals surface area contributed by atoms with E-state index in [9.17, 15) is 41.4 Å². The minimum absolute atomic E-state index is 0.0713. The standard InChI is InChI=1S/C42H46F7N3O4/c1-7-8-27-16-29(36-24(5)14-23(4)15-25(36)6)39(44)37(38(27)43)32(18-35(54)55)50-40(56)33(13-22(2)3)52-21-30(31(17-34(52)53)42(47,48)49)26-9-11-51(12-10-26)20-28-19-41(28,45)46/h14-17,21-22,26,28,32-33H,9-13,18-20H2,1-6H3,(H,50,56)(H,54,55)/t28-,32-,33+/m1/s1. The number of hydrogen-bond acceptors (Lipinski definition) is 4. The maximum Gasteiger partial charge on any atom is 0.416 e. The molecule has 0 unspecified atom stereocenters. The van der Waals surface area contributed by atoms with Crippen LogP contribution in [0.3, 0.4) is 0 Å². The van der Waals surface area contributed by atoms with Crippen molar-refractivity contribution >= 4 is 11.9 Å². The van der Waals surface area contributed by atoms with Crippen molar-refractivity contribution in [1.82, 2.24) is 14.8 Å². The number of aromatic nitrogens is 1. The molecule has 1 aliphatic heterocycles. The largest absolute Gasteiger partial charge is 0.481 e. The minimum Gasteiger partial charge on any atom is -0.481 e. The zero-order valence-corrected chi connectivity index (χ0v) is 32.1. The van der Waals surface area contributed by atoms with E-state index in [1.54, 1.807) is 44.7 Å². The van der Waals surface area contributed by atoms with E-state index in [1.807, 2.05) is 6.92 Å². The molecule has 1 saturated carbocycles. The van der Waals surface area contributed by atoms with Crippen LogP contribution in [0.4, 0.5) is 30.7 Å². The molecule has 0 bridgehead atoms. The summed E-state index contributed by atoms with van der Waals surface area (Å²) in [6, 6.07) is 1.92. The number of aliphatic carboxylic acids is 1. The van der Waals surface area contributed by atoms with Crippen LogP contribution in [0.1, 0.15) is 110 Å². The first kappa shape index (κ1) is 42.5. The van der Waals surface area contributed by atoms with Gasteiger partial charge in [0.05, 0.1) is 23.6 Å². The molecule has 14 heteroatoms. The number of rotatable bonds is 12. The van der Waals surface area contributed by atoms with Crippen LogP contribution in [0.2, 0.25) is 0 Å². The molecule has 1 amide bonds. The molecule has 2 fully saturated rings. The van der Waals surface area contributed by atoms with Gasteiger partial charge in [-0.15, -0.1) is 5.92 Å². The Bertz CT molecular complexity index is 2100. The maximum atomic E-state index is 16.8. The van der Waals surface area contributed by atoms with Gasteiger partial charge in [0.15, 0.2) is 0 Å². The molecule has 3 aromatic rings. The summed E-state index contributed by atoms with van der Waals surface area (Å²) >= 11 is 0. The van der Waals surface area contributed by atoms with Gasteiger partial charge in [0, 0.05) is 42.3 Å². The van der Waals surface area contributed by atoms with E-state index in [2.05, 4.69) is 17.2 Å². The van der Waals surface area contributed by atoms with Gasteiger partial charge in [-0.25, -0.2) is 17.6 Å². The number of alkyl halides is 5. The van der Waals surface area contributed by atoms with Crippen LogP contribution in [0, 0.1) is 56.1 Å². The molecule has 0 spiro atoms. The Morgan fingerprint density at radius 2 is 1.62 bits per heavy atom. The number of benzene rings is 2. The number of nitrogens with one attached hydrogen (secondary N) is 1. The molecule has 302 valence electrons. The maximum absolute atomic E-state index is 16.8. The number of pyridine rings is 1. The van der Waals surface area contributed by atoms with Crippen LogP contribution in [0.5, 0.6) is 0 Å². The normalized spacial score (nSPS) is 18.3. The SMILES string of the molecule is CC#Cc1cc(-c2c(C)cc(C)cc2C)c(F)c([C@@H](CC(=O)O)NC(=O)[C@H](CC(C)C)n2cc(C3CCN(C[C@H]4CC4(F)F)CC3)c(C(F)(F)F)cc2=O)c1F. The molecule has 2 aliphatic rings. The van der Waals surface area contributed by atoms with Gasteiger partial charge in [0.25, 0.3) is 11.5 Å². The number of carbonyl (C=O) groups is 2. The smallest absolute Gasteiger partial charge is 0.416 e. The van der Waals surface area contributed by atoms with Crippen molar-refractivity contribution in [2.75, 3.05) is 19.6 Å². The fourth-order valence-corrected chi connectivity index (χ4v) is 8.02. The molecule has 56 heavy (non-hydrogen) atoms. The van der Waals surface area contributed by atoms with Crippen molar-refractivity contribution in [2.45, 2.75) is 104 Å². The first-order valence-electron chi connectivity index (χ1n) is 18.6. The highest BCUT2D eigenvalue weighted by Gasteiger charge is 2.57. The molecule has 2 N–H and O–H groups in total. The van der Waals surface area contributed by atoms with Gasteiger partial charge in [0.1, 0.15) is 17.7 Å². The van der Waals surface area contributed by atoms with Crippen molar-refractivity contribution < 1.29 is 45.4 Å². The van der Waals surface area contributed by atoms with Crippen LogP contribution < -0.4 is 10.9 Å². The lowest BCUT2D eigenvalue weighted by molar-refractivity contribution is -0.139. The van der Waals surface area contributed by atoms with Crippen LogP contribution in [-0.4, -0.2) is 52.0 Å². The summed E-state index contributed by atoms with van der Waals surface area (Å²) in [5.74, 6) is -4.30. The predicted molar refractivity (Wildman–Crippen MR) is 197 cm³/mol. The van der Waals surface area contributed by atoms with E-state index >= 15 is 8.78 Å². The average Bonchev–Trinajstić information content (AvgIpc) is 3.69. The fraction of sp³-hybridized carbons (Fsp3) is 0.500. The number of nitrogens with zero attached hydrogens (tertiary/aromatic N) is 2. The summed E-state index contributed by atoms with van der Waals surface area (Å²) in [5, 5.41) is 12.4. The van der Waals surface area contributed by atoms with Gasteiger partial charge < -0.3 is 19.9 Å². The summed E-state index contributed by atoms with van der Waals surface area (Å²) in [5.41, 5.74) is -1.05. The summed E-state index contributed by atoms with van der Waals surface area (Å²) in [4.78, 5) is 41.8. The van der Waals surface area contributed by atoms with Crippen molar-refractivity contribution in [1.29, 1.82) is 0 Å². The fourth-order valence-electron chi connectivity index (χ4n) is 8.02. The first-order chi connectivity index (χ1) is 26.1. The molecule has 1 aromatic heterocycles. The topological polar surface area (TPSA) is 91.6 Å². The third-order valence-electron chi connectivity index (χ3n) is 10.7. The van der Waals surface area contributed by atoms with Crippen molar-refractivity contribution in [2.24, 2.45) is 11.8 Å². The zero-order valence-electron chi connectivity index (χ0n) is 32.1. The van der Waals surface area contributed by atoms with Crippen LogP contribution in [-0.2, 0) is 15.8 Å². The zero-order chi connectivity index (χ0) is 41.4. The Morgan fingerprint density at radius 3 is 2.14 bits per heavy atom. The molecular weight excluding hydrogens is 743 g/mol. The van der Waals surface area contributed by atoms with Gasteiger partial charge in [-0.2, -0.15) is 13.2 Å². The van der Waals surface area contributed by atoms with E-state index < -0.39 is 82.6 Å².